The minimum absolute atomic E-state index is 0.000158. The van der Waals surface area contributed by atoms with Crippen molar-refractivity contribution in [2.45, 2.75) is 6.43 Å². The van der Waals surface area contributed by atoms with E-state index in [1.54, 1.807) is 18.2 Å². The average molecular weight is 347 g/mol. The summed E-state index contributed by atoms with van der Waals surface area (Å²) in [6, 6.07) is 8.98. The monoisotopic (exact) mass is 347 g/mol. The molecule has 25 heavy (non-hydrogen) atoms. The summed E-state index contributed by atoms with van der Waals surface area (Å²) in [5.41, 5.74) is 1.08. The van der Waals surface area contributed by atoms with Crippen LogP contribution >= 0.6 is 0 Å². The standard InChI is InChI=1S/C17H15F2N3O3/c18-15(19)12-8-9(20-6-7-23)4-5-10(12)16-21-13-3-1-2-11(17(24)25)14(13)22-16/h1-5,8,15,20,23H,6-7H2,(H,21,22)(H,24,25). The van der Waals surface area contributed by atoms with Gasteiger partial charge in [-0.1, -0.05) is 6.07 Å². The molecule has 0 saturated heterocycles. The summed E-state index contributed by atoms with van der Waals surface area (Å²) < 4.78 is 26.9. The van der Waals surface area contributed by atoms with Crippen molar-refractivity contribution in [1.29, 1.82) is 0 Å². The number of halogens is 2. The van der Waals surface area contributed by atoms with Crippen molar-refractivity contribution >= 4 is 22.7 Å². The number of nitrogens with one attached hydrogen (secondary N) is 2. The number of rotatable bonds is 6. The lowest BCUT2D eigenvalue weighted by Crippen LogP contribution is -2.06. The van der Waals surface area contributed by atoms with Gasteiger partial charge in [0, 0.05) is 23.4 Å². The Kier molecular flexibility index (Phi) is 4.62. The molecule has 0 atom stereocenters. The van der Waals surface area contributed by atoms with Crippen molar-refractivity contribution in [2.75, 3.05) is 18.5 Å². The molecule has 3 aromatic rings. The number of alkyl halides is 2. The third-order valence-electron chi connectivity index (χ3n) is 3.73. The average Bonchev–Trinajstić information content (AvgIpc) is 3.03. The number of H-pyrrole nitrogens is 1. The molecule has 0 aliphatic carbocycles. The van der Waals surface area contributed by atoms with Gasteiger partial charge in [0.25, 0.3) is 6.43 Å². The third kappa shape index (κ3) is 3.29. The van der Waals surface area contributed by atoms with Gasteiger partial charge in [-0.3, -0.25) is 0 Å². The molecule has 0 amide bonds. The van der Waals surface area contributed by atoms with Gasteiger partial charge in [0.15, 0.2) is 0 Å². The number of aliphatic hydroxyl groups excluding tert-OH is 1. The number of para-hydroxylation sites is 1. The number of anilines is 1. The Hall–Kier alpha value is -3.00. The minimum Gasteiger partial charge on any atom is -0.478 e. The van der Waals surface area contributed by atoms with Crippen LogP contribution in [0.15, 0.2) is 36.4 Å². The lowest BCUT2D eigenvalue weighted by Gasteiger charge is -2.11. The van der Waals surface area contributed by atoms with Gasteiger partial charge >= 0.3 is 5.97 Å². The number of imidazole rings is 1. The van der Waals surface area contributed by atoms with E-state index in [1.807, 2.05) is 0 Å². The van der Waals surface area contributed by atoms with E-state index in [2.05, 4.69) is 15.3 Å². The zero-order valence-corrected chi connectivity index (χ0v) is 13.0. The van der Waals surface area contributed by atoms with Crippen LogP contribution in [0.4, 0.5) is 14.5 Å². The number of carboxylic acid groups (broad SMARTS) is 1. The van der Waals surface area contributed by atoms with E-state index in [0.29, 0.717) is 11.2 Å². The van der Waals surface area contributed by atoms with Gasteiger partial charge in [-0.15, -0.1) is 0 Å². The van der Waals surface area contributed by atoms with E-state index in [9.17, 15) is 18.7 Å². The Labute approximate surface area is 141 Å². The van der Waals surface area contributed by atoms with Crippen LogP contribution in [-0.2, 0) is 0 Å². The number of hydrogen-bond acceptors (Lipinski definition) is 4. The molecule has 0 unspecified atom stereocenters. The first-order valence-corrected chi connectivity index (χ1v) is 7.50. The predicted molar refractivity (Wildman–Crippen MR) is 89.0 cm³/mol. The summed E-state index contributed by atoms with van der Waals surface area (Å²) >= 11 is 0. The highest BCUT2D eigenvalue weighted by molar-refractivity contribution is 6.01. The van der Waals surface area contributed by atoms with Gasteiger partial charge in [-0.25, -0.2) is 18.6 Å². The number of fused-ring (bicyclic) bond motifs is 1. The lowest BCUT2D eigenvalue weighted by atomic mass is 10.1. The second-order valence-electron chi connectivity index (χ2n) is 5.35. The Morgan fingerprint density at radius 1 is 1.28 bits per heavy atom. The number of nitrogens with zero attached hydrogens (tertiary/aromatic N) is 1. The van der Waals surface area contributed by atoms with Crippen LogP contribution in [0, 0.1) is 0 Å². The number of carboxylic acids is 1. The van der Waals surface area contributed by atoms with Crippen LogP contribution in [0.5, 0.6) is 0 Å². The molecule has 8 heteroatoms. The van der Waals surface area contributed by atoms with Crippen molar-refractivity contribution in [1.82, 2.24) is 9.97 Å². The maximum Gasteiger partial charge on any atom is 0.337 e. The van der Waals surface area contributed by atoms with Gasteiger partial charge in [0.1, 0.15) is 11.3 Å². The quantitative estimate of drug-likeness (QED) is 0.549. The highest BCUT2D eigenvalue weighted by Crippen LogP contribution is 2.33. The van der Waals surface area contributed by atoms with E-state index < -0.39 is 12.4 Å². The largest absolute Gasteiger partial charge is 0.478 e. The Balaban J connectivity index is 2.11. The van der Waals surface area contributed by atoms with Crippen molar-refractivity contribution < 1.29 is 23.8 Å². The van der Waals surface area contributed by atoms with Crippen molar-refractivity contribution in [3.8, 4) is 11.4 Å². The topological polar surface area (TPSA) is 98.2 Å². The summed E-state index contributed by atoms with van der Waals surface area (Å²) in [7, 11) is 0. The number of aromatic amines is 1. The molecule has 0 bridgehead atoms. The first-order valence-electron chi connectivity index (χ1n) is 7.50. The summed E-state index contributed by atoms with van der Waals surface area (Å²) in [6.45, 7) is 0.127. The fourth-order valence-electron chi connectivity index (χ4n) is 2.60. The van der Waals surface area contributed by atoms with Gasteiger partial charge < -0.3 is 20.5 Å². The SMILES string of the molecule is O=C(O)c1cccc2[nH]c(-c3ccc(NCCO)cc3C(F)F)nc12. The molecule has 0 spiro atoms. The van der Waals surface area contributed by atoms with E-state index in [-0.39, 0.29) is 41.2 Å². The normalized spacial score (nSPS) is 11.2. The van der Waals surface area contributed by atoms with Crippen LogP contribution in [0.2, 0.25) is 0 Å². The zero-order chi connectivity index (χ0) is 18.0. The zero-order valence-electron chi connectivity index (χ0n) is 13.0. The van der Waals surface area contributed by atoms with E-state index in [1.165, 1.54) is 18.2 Å². The maximum atomic E-state index is 13.5. The molecule has 0 saturated carbocycles. The molecule has 4 N–H and O–H groups in total. The summed E-state index contributed by atoms with van der Waals surface area (Å²) in [4.78, 5) is 18.4. The third-order valence-corrected chi connectivity index (χ3v) is 3.73. The first kappa shape index (κ1) is 16.8. The molecule has 1 aromatic heterocycles. The molecule has 0 aliphatic heterocycles. The van der Waals surface area contributed by atoms with E-state index in [0.717, 1.165) is 0 Å². The molecule has 0 aliphatic rings. The summed E-state index contributed by atoms with van der Waals surface area (Å²) in [6.07, 6.45) is -2.74. The highest BCUT2D eigenvalue weighted by Gasteiger charge is 2.19. The first-order chi connectivity index (χ1) is 12.0. The number of aromatic nitrogens is 2. The molecule has 0 radical (unpaired) electrons. The summed E-state index contributed by atoms with van der Waals surface area (Å²) in [5.74, 6) is -0.964. The van der Waals surface area contributed by atoms with Crippen molar-refractivity contribution in [2.24, 2.45) is 0 Å². The number of hydrogen-bond donors (Lipinski definition) is 4. The van der Waals surface area contributed by atoms with Gasteiger partial charge in [0.2, 0.25) is 0 Å². The fraction of sp³-hybridized carbons (Fsp3) is 0.176. The van der Waals surface area contributed by atoms with Crippen LogP contribution in [0.3, 0.4) is 0 Å². The van der Waals surface area contributed by atoms with Crippen LogP contribution in [-0.4, -0.2) is 39.3 Å². The molecule has 3 rings (SSSR count). The lowest BCUT2D eigenvalue weighted by molar-refractivity contribution is 0.0698. The minimum atomic E-state index is -2.74. The van der Waals surface area contributed by atoms with Crippen LogP contribution in [0.1, 0.15) is 22.3 Å². The predicted octanol–water partition coefficient (Wildman–Crippen LogP) is 3.27. The fourth-order valence-corrected chi connectivity index (χ4v) is 2.60. The Morgan fingerprint density at radius 2 is 2.08 bits per heavy atom. The number of aliphatic hydroxyl groups is 1. The maximum absolute atomic E-state index is 13.5. The molecule has 0 fully saturated rings. The highest BCUT2D eigenvalue weighted by atomic mass is 19.3. The molecule has 2 aromatic carbocycles. The van der Waals surface area contributed by atoms with E-state index in [4.69, 9.17) is 5.11 Å². The second kappa shape index (κ2) is 6.86. The molecule has 130 valence electrons. The second-order valence-corrected chi connectivity index (χ2v) is 5.35. The summed E-state index contributed by atoms with van der Waals surface area (Å²) in [5, 5.41) is 20.9. The van der Waals surface area contributed by atoms with Gasteiger partial charge in [-0.05, 0) is 30.3 Å². The number of carbonyl (C=O) groups is 1. The van der Waals surface area contributed by atoms with Crippen LogP contribution < -0.4 is 5.32 Å². The van der Waals surface area contributed by atoms with Crippen molar-refractivity contribution in [3.05, 3.63) is 47.5 Å². The Morgan fingerprint density at radius 3 is 2.76 bits per heavy atom. The van der Waals surface area contributed by atoms with Crippen molar-refractivity contribution in [3.63, 3.8) is 0 Å². The number of aromatic carboxylic acids is 1. The number of benzene rings is 2. The van der Waals surface area contributed by atoms with Gasteiger partial charge in [0.05, 0.1) is 17.7 Å². The van der Waals surface area contributed by atoms with Crippen LogP contribution in [0.25, 0.3) is 22.4 Å². The Bertz CT molecular complexity index is 925. The molecule has 6 nitrogen and oxygen atoms in total. The smallest absolute Gasteiger partial charge is 0.337 e. The molecular formula is C17H15F2N3O3. The van der Waals surface area contributed by atoms with Gasteiger partial charge in [-0.2, -0.15) is 0 Å². The molecular weight excluding hydrogens is 332 g/mol. The van der Waals surface area contributed by atoms with E-state index >= 15 is 0 Å². The molecule has 1 heterocycles.